The Balaban J connectivity index is 2.54. The largest absolute Gasteiger partial charge is 0.480 e. The van der Waals surface area contributed by atoms with Crippen LogP contribution in [0.4, 0.5) is 0 Å². The number of aliphatic hydroxyl groups is 1. The average Bonchev–Trinajstić information content (AvgIpc) is 2.76. The van der Waals surface area contributed by atoms with E-state index in [1.54, 1.807) is 0 Å². The molecule has 3 N–H and O–H groups in total. The third-order valence-corrected chi connectivity index (χ3v) is 2.98. The number of carboxylic acids is 1. The highest BCUT2D eigenvalue weighted by Crippen LogP contribution is 2.23. The number of hydrogen-bond donors (Lipinski definition) is 3. The zero-order valence-electron chi connectivity index (χ0n) is 9.89. The number of hydrogen-bond acceptors (Lipinski definition) is 4. The molecule has 1 rings (SSSR count). The lowest BCUT2D eigenvalue weighted by molar-refractivity contribution is -0.143. The van der Waals surface area contributed by atoms with Crippen LogP contribution in [0.15, 0.2) is 0 Å². The smallest absolute Gasteiger partial charge is 0.326 e. The molecule has 6 nitrogen and oxygen atoms in total. The molecule has 0 aromatic heterocycles. The van der Waals surface area contributed by atoms with Crippen molar-refractivity contribution < 1.29 is 24.5 Å². The van der Waals surface area contributed by atoms with E-state index in [9.17, 15) is 9.59 Å². The van der Waals surface area contributed by atoms with Gasteiger partial charge < -0.3 is 20.3 Å². The molecule has 1 amide bonds. The highest BCUT2D eigenvalue weighted by molar-refractivity contribution is 5.85. The Bertz CT molecular complexity index is 281. The molecule has 0 radical (unpaired) electrons. The predicted molar refractivity (Wildman–Crippen MR) is 59.4 cm³/mol. The molecule has 1 aliphatic heterocycles. The molecular formula is C11H19NO5. The number of ether oxygens (including phenoxy) is 1. The van der Waals surface area contributed by atoms with Gasteiger partial charge in [-0.3, -0.25) is 4.79 Å². The Morgan fingerprint density at radius 3 is 2.76 bits per heavy atom. The van der Waals surface area contributed by atoms with Crippen LogP contribution >= 0.6 is 0 Å². The molecule has 0 saturated carbocycles. The summed E-state index contributed by atoms with van der Waals surface area (Å²) in [4.78, 5) is 22.7. The third kappa shape index (κ3) is 3.67. The first-order chi connectivity index (χ1) is 8.10. The Morgan fingerprint density at radius 2 is 2.24 bits per heavy atom. The lowest BCUT2D eigenvalue weighted by Gasteiger charge is -2.19. The van der Waals surface area contributed by atoms with Crippen molar-refractivity contribution in [3.05, 3.63) is 0 Å². The number of rotatable bonds is 6. The summed E-state index contributed by atoms with van der Waals surface area (Å²) in [5.74, 6) is -1.70. The van der Waals surface area contributed by atoms with Crippen LogP contribution < -0.4 is 5.32 Å². The van der Waals surface area contributed by atoms with E-state index in [0.29, 0.717) is 13.0 Å². The molecule has 0 aliphatic carbocycles. The van der Waals surface area contributed by atoms with Gasteiger partial charge in [-0.15, -0.1) is 0 Å². The summed E-state index contributed by atoms with van der Waals surface area (Å²) in [5, 5.41) is 20.0. The number of carbonyl (C=O) groups is 2. The van der Waals surface area contributed by atoms with Crippen molar-refractivity contribution in [3.63, 3.8) is 0 Å². The quantitative estimate of drug-likeness (QED) is 0.600. The van der Waals surface area contributed by atoms with Crippen molar-refractivity contribution >= 4 is 11.9 Å². The molecule has 2 unspecified atom stereocenters. The second-order valence-electron chi connectivity index (χ2n) is 4.12. The van der Waals surface area contributed by atoms with Crippen LogP contribution in [0.3, 0.4) is 0 Å². The fourth-order valence-corrected chi connectivity index (χ4v) is 2.02. The van der Waals surface area contributed by atoms with Gasteiger partial charge in [0.1, 0.15) is 6.04 Å². The van der Waals surface area contributed by atoms with E-state index >= 15 is 0 Å². The van der Waals surface area contributed by atoms with Gasteiger partial charge in [-0.2, -0.15) is 0 Å². The maximum absolute atomic E-state index is 11.9. The summed E-state index contributed by atoms with van der Waals surface area (Å²) in [7, 11) is 0. The molecule has 1 aliphatic rings. The number of carboxylic acid groups (broad SMARTS) is 1. The number of aliphatic carboxylic acids is 1. The van der Waals surface area contributed by atoms with Gasteiger partial charge >= 0.3 is 5.97 Å². The van der Waals surface area contributed by atoms with Gasteiger partial charge in [0.25, 0.3) is 0 Å². The van der Waals surface area contributed by atoms with Gasteiger partial charge in [0.05, 0.1) is 12.0 Å². The molecule has 98 valence electrons. The van der Waals surface area contributed by atoms with Gasteiger partial charge in [0.2, 0.25) is 5.91 Å². The number of aliphatic hydroxyl groups excluding tert-OH is 1. The second-order valence-corrected chi connectivity index (χ2v) is 4.12. The Morgan fingerprint density at radius 1 is 1.53 bits per heavy atom. The summed E-state index contributed by atoms with van der Waals surface area (Å²) in [6, 6.07) is -1.02. The zero-order chi connectivity index (χ0) is 12.8. The monoisotopic (exact) mass is 245 g/mol. The summed E-state index contributed by atoms with van der Waals surface area (Å²) < 4.78 is 5.38. The molecule has 6 heteroatoms. The van der Waals surface area contributed by atoms with E-state index < -0.39 is 12.0 Å². The fraction of sp³-hybridized carbons (Fsp3) is 0.818. The van der Waals surface area contributed by atoms with Gasteiger partial charge in [-0.05, 0) is 12.8 Å². The van der Waals surface area contributed by atoms with E-state index in [4.69, 9.17) is 14.9 Å². The Hall–Kier alpha value is -1.14. The molecule has 17 heavy (non-hydrogen) atoms. The lowest BCUT2D eigenvalue weighted by atomic mass is 9.98. The fourth-order valence-electron chi connectivity index (χ4n) is 2.02. The molecular weight excluding hydrogens is 226 g/mol. The molecule has 1 saturated heterocycles. The number of carbonyl (C=O) groups excluding carboxylic acids is 1. The lowest BCUT2D eigenvalue weighted by Crippen LogP contribution is -2.45. The standard InChI is InChI=1S/C11H19NO5/c1-2-9-7(4-6-17-9)10(14)12-8(3-5-13)11(15)16/h7-9,13H,2-6H2,1H3,(H,12,14)(H,15,16)/t7?,8-,9?/m0/s1. The summed E-state index contributed by atoms with van der Waals surface area (Å²) in [6.45, 7) is 2.20. The minimum absolute atomic E-state index is 0.0193. The number of nitrogens with one attached hydrogen (secondary N) is 1. The number of amides is 1. The van der Waals surface area contributed by atoms with Gasteiger partial charge in [0.15, 0.2) is 0 Å². The topological polar surface area (TPSA) is 95.9 Å². The van der Waals surface area contributed by atoms with Crippen LogP contribution in [-0.4, -0.2) is 47.4 Å². The Kier molecular flexibility index (Phi) is 5.37. The van der Waals surface area contributed by atoms with Gasteiger partial charge in [-0.25, -0.2) is 4.79 Å². The molecule has 1 heterocycles. The van der Waals surface area contributed by atoms with Crippen LogP contribution in [-0.2, 0) is 14.3 Å². The van der Waals surface area contributed by atoms with E-state index in [1.165, 1.54) is 0 Å². The molecule has 0 aromatic carbocycles. The van der Waals surface area contributed by atoms with Gasteiger partial charge in [-0.1, -0.05) is 6.92 Å². The van der Waals surface area contributed by atoms with Crippen LogP contribution in [0.5, 0.6) is 0 Å². The maximum Gasteiger partial charge on any atom is 0.326 e. The van der Waals surface area contributed by atoms with E-state index in [0.717, 1.165) is 6.42 Å². The minimum atomic E-state index is -1.13. The zero-order valence-corrected chi connectivity index (χ0v) is 9.89. The van der Waals surface area contributed by atoms with E-state index in [1.807, 2.05) is 6.92 Å². The third-order valence-electron chi connectivity index (χ3n) is 2.98. The van der Waals surface area contributed by atoms with Crippen LogP contribution in [0.25, 0.3) is 0 Å². The summed E-state index contributed by atoms with van der Waals surface area (Å²) >= 11 is 0. The van der Waals surface area contributed by atoms with Crippen molar-refractivity contribution in [2.24, 2.45) is 5.92 Å². The molecule has 1 fully saturated rings. The van der Waals surface area contributed by atoms with E-state index in [-0.39, 0.29) is 31.0 Å². The van der Waals surface area contributed by atoms with Gasteiger partial charge in [0, 0.05) is 19.6 Å². The Labute approximate surface area is 100.0 Å². The average molecular weight is 245 g/mol. The first-order valence-corrected chi connectivity index (χ1v) is 5.85. The first-order valence-electron chi connectivity index (χ1n) is 5.85. The normalized spacial score (nSPS) is 25.5. The van der Waals surface area contributed by atoms with E-state index in [2.05, 4.69) is 5.32 Å². The van der Waals surface area contributed by atoms with Crippen molar-refractivity contribution in [1.82, 2.24) is 5.32 Å². The minimum Gasteiger partial charge on any atom is -0.480 e. The predicted octanol–water partition coefficient (Wildman–Crippen LogP) is -0.247. The highest BCUT2D eigenvalue weighted by Gasteiger charge is 2.34. The van der Waals surface area contributed by atoms with Crippen molar-refractivity contribution in [3.8, 4) is 0 Å². The molecule has 0 spiro atoms. The van der Waals surface area contributed by atoms with Crippen molar-refractivity contribution in [1.29, 1.82) is 0 Å². The SMILES string of the molecule is CCC1OCCC1C(=O)N[C@@H](CCO)C(=O)O. The molecule has 0 aromatic rings. The summed E-state index contributed by atoms with van der Waals surface area (Å²) in [5.41, 5.74) is 0. The highest BCUT2D eigenvalue weighted by atomic mass is 16.5. The van der Waals surface area contributed by atoms with Crippen molar-refractivity contribution in [2.75, 3.05) is 13.2 Å². The van der Waals surface area contributed by atoms with Crippen molar-refractivity contribution in [2.45, 2.75) is 38.3 Å². The van der Waals surface area contributed by atoms with Crippen LogP contribution in [0, 0.1) is 5.92 Å². The molecule has 3 atom stereocenters. The maximum atomic E-state index is 11.9. The second kappa shape index (κ2) is 6.56. The summed E-state index contributed by atoms with van der Waals surface area (Å²) in [6.07, 6.45) is 1.25. The first kappa shape index (κ1) is 13.9. The van der Waals surface area contributed by atoms with Crippen LogP contribution in [0.1, 0.15) is 26.2 Å². The molecule has 0 bridgehead atoms. The van der Waals surface area contributed by atoms with Crippen LogP contribution in [0.2, 0.25) is 0 Å².